The van der Waals surface area contributed by atoms with Gasteiger partial charge in [-0.3, -0.25) is 4.79 Å². The first-order valence-electron chi connectivity index (χ1n) is 10.9. The van der Waals surface area contributed by atoms with E-state index in [0.717, 1.165) is 61.5 Å². The van der Waals surface area contributed by atoms with Gasteiger partial charge in [-0.25, -0.2) is 9.97 Å². The molecule has 1 amide bonds. The first-order chi connectivity index (χ1) is 15.2. The van der Waals surface area contributed by atoms with Crippen LogP contribution in [0.3, 0.4) is 0 Å². The highest BCUT2D eigenvalue weighted by Crippen LogP contribution is 2.24. The van der Waals surface area contributed by atoms with Crippen molar-refractivity contribution < 1.29 is 4.79 Å². The Bertz CT molecular complexity index is 1170. The van der Waals surface area contributed by atoms with Crippen LogP contribution >= 0.6 is 0 Å². The van der Waals surface area contributed by atoms with Gasteiger partial charge in [-0.05, 0) is 55.5 Å². The zero-order chi connectivity index (χ0) is 21.2. The van der Waals surface area contributed by atoms with E-state index in [1.807, 2.05) is 46.0 Å². The minimum Gasteiger partial charge on any atom is -0.339 e. The predicted octanol–water partition coefficient (Wildman–Crippen LogP) is 4.14. The maximum Gasteiger partial charge on any atom is 0.253 e. The lowest BCUT2D eigenvalue weighted by atomic mass is 9.96. The smallest absolute Gasteiger partial charge is 0.253 e. The van der Waals surface area contributed by atoms with Gasteiger partial charge in [0, 0.05) is 44.1 Å². The number of rotatable bonds is 5. The lowest BCUT2D eigenvalue weighted by Gasteiger charge is -2.32. The van der Waals surface area contributed by atoms with Crippen LogP contribution in [0.1, 0.15) is 34.6 Å². The van der Waals surface area contributed by atoms with E-state index in [1.165, 1.54) is 5.52 Å². The van der Waals surface area contributed by atoms with E-state index >= 15 is 0 Å². The first-order valence-corrected chi connectivity index (χ1v) is 10.9. The van der Waals surface area contributed by atoms with Crippen molar-refractivity contribution in [3.63, 3.8) is 0 Å². The molecule has 2 aromatic carbocycles. The van der Waals surface area contributed by atoms with Crippen molar-refractivity contribution in [1.82, 2.24) is 24.0 Å². The second-order valence-corrected chi connectivity index (χ2v) is 8.43. The van der Waals surface area contributed by atoms with E-state index in [1.54, 1.807) is 12.5 Å². The summed E-state index contributed by atoms with van der Waals surface area (Å²) in [6, 6.07) is 16.3. The summed E-state index contributed by atoms with van der Waals surface area (Å²) in [5, 5.41) is 0. The van der Waals surface area contributed by atoms with Crippen molar-refractivity contribution in [1.29, 1.82) is 0 Å². The molecule has 1 fully saturated rings. The Morgan fingerprint density at radius 2 is 1.84 bits per heavy atom. The number of para-hydroxylation sites is 2. The number of likely N-dealkylation sites (tertiary alicyclic amines) is 1. The summed E-state index contributed by atoms with van der Waals surface area (Å²) >= 11 is 0. The molecule has 31 heavy (non-hydrogen) atoms. The van der Waals surface area contributed by atoms with Crippen LogP contribution in [0.5, 0.6) is 0 Å². The molecule has 158 valence electrons. The van der Waals surface area contributed by atoms with Crippen LogP contribution in [0.25, 0.3) is 11.0 Å². The highest BCUT2D eigenvalue weighted by molar-refractivity contribution is 5.94. The summed E-state index contributed by atoms with van der Waals surface area (Å²) in [6.07, 6.45) is 7.57. The van der Waals surface area contributed by atoms with E-state index in [-0.39, 0.29) is 5.91 Å². The third-order valence-corrected chi connectivity index (χ3v) is 6.31. The Kier molecular flexibility index (Phi) is 5.28. The second-order valence-electron chi connectivity index (χ2n) is 8.43. The normalized spacial score (nSPS) is 14.9. The Hall–Kier alpha value is -3.41. The van der Waals surface area contributed by atoms with Crippen molar-refractivity contribution >= 4 is 16.9 Å². The van der Waals surface area contributed by atoms with Crippen LogP contribution in [0, 0.1) is 12.8 Å². The fourth-order valence-corrected chi connectivity index (χ4v) is 4.53. The number of benzene rings is 2. The predicted molar refractivity (Wildman–Crippen MR) is 121 cm³/mol. The molecule has 1 aliphatic heterocycles. The molecule has 5 rings (SSSR count). The van der Waals surface area contributed by atoms with Gasteiger partial charge in [0.15, 0.2) is 0 Å². The molecule has 0 aliphatic carbocycles. The van der Waals surface area contributed by atoms with Crippen LogP contribution in [0.15, 0.2) is 67.3 Å². The standard InChI is InChI=1S/C25H27N5O/c1-19-27-23-4-2-3-5-24(23)30(19)17-21-10-13-29(14-11-21)25(31)22-8-6-20(7-9-22)16-28-15-12-26-18-28/h2-9,12,15,18,21H,10-11,13-14,16-17H2,1H3. The van der Waals surface area contributed by atoms with Crippen LogP contribution in [0.2, 0.25) is 0 Å². The van der Waals surface area contributed by atoms with E-state index < -0.39 is 0 Å². The molecule has 0 bridgehead atoms. The summed E-state index contributed by atoms with van der Waals surface area (Å²) in [4.78, 5) is 23.7. The Labute approximate surface area is 182 Å². The third-order valence-electron chi connectivity index (χ3n) is 6.31. The van der Waals surface area contributed by atoms with Gasteiger partial charge in [0.05, 0.1) is 17.4 Å². The van der Waals surface area contributed by atoms with Gasteiger partial charge in [-0.15, -0.1) is 0 Å². The maximum absolute atomic E-state index is 13.0. The largest absolute Gasteiger partial charge is 0.339 e. The zero-order valence-corrected chi connectivity index (χ0v) is 17.8. The number of piperidine rings is 1. The summed E-state index contributed by atoms with van der Waals surface area (Å²) in [6.45, 7) is 5.44. The quantitative estimate of drug-likeness (QED) is 0.494. The summed E-state index contributed by atoms with van der Waals surface area (Å²) in [5.74, 6) is 1.77. The van der Waals surface area contributed by atoms with Crippen LogP contribution in [-0.4, -0.2) is 43.0 Å². The number of imidazole rings is 2. The number of hydrogen-bond donors (Lipinski definition) is 0. The number of amides is 1. The number of fused-ring (bicyclic) bond motifs is 1. The van der Waals surface area contributed by atoms with E-state index in [9.17, 15) is 4.79 Å². The number of aryl methyl sites for hydroxylation is 1. The third kappa shape index (κ3) is 4.10. The highest BCUT2D eigenvalue weighted by atomic mass is 16.2. The van der Waals surface area contributed by atoms with Crippen LogP contribution in [0.4, 0.5) is 0 Å². The molecule has 6 heteroatoms. The van der Waals surface area contributed by atoms with Gasteiger partial charge >= 0.3 is 0 Å². The van der Waals surface area contributed by atoms with Crippen LogP contribution < -0.4 is 0 Å². The van der Waals surface area contributed by atoms with Crippen molar-refractivity contribution in [2.75, 3.05) is 13.1 Å². The Morgan fingerprint density at radius 3 is 2.58 bits per heavy atom. The molecule has 0 radical (unpaired) electrons. The Balaban J connectivity index is 1.19. The van der Waals surface area contributed by atoms with Crippen LogP contribution in [-0.2, 0) is 13.1 Å². The number of aromatic nitrogens is 4. The average Bonchev–Trinajstić information content (AvgIpc) is 3.42. The molecule has 0 N–H and O–H groups in total. The van der Waals surface area contributed by atoms with Gasteiger partial charge in [0.1, 0.15) is 5.82 Å². The van der Waals surface area contributed by atoms with Crippen molar-refractivity contribution in [2.24, 2.45) is 5.92 Å². The molecular weight excluding hydrogens is 386 g/mol. The molecule has 1 saturated heterocycles. The highest BCUT2D eigenvalue weighted by Gasteiger charge is 2.24. The minimum absolute atomic E-state index is 0.136. The molecule has 3 heterocycles. The number of nitrogens with zero attached hydrogens (tertiary/aromatic N) is 5. The molecular formula is C25H27N5O. The molecule has 0 spiro atoms. The topological polar surface area (TPSA) is 56.0 Å². The van der Waals surface area contributed by atoms with E-state index in [0.29, 0.717) is 5.92 Å². The van der Waals surface area contributed by atoms with E-state index in [2.05, 4.69) is 39.7 Å². The summed E-state index contributed by atoms with van der Waals surface area (Å²) < 4.78 is 4.35. The number of hydrogen-bond acceptors (Lipinski definition) is 3. The van der Waals surface area contributed by atoms with Gasteiger partial charge in [-0.2, -0.15) is 0 Å². The Morgan fingerprint density at radius 1 is 1.06 bits per heavy atom. The molecule has 2 aromatic heterocycles. The molecule has 6 nitrogen and oxygen atoms in total. The summed E-state index contributed by atoms with van der Waals surface area (Å²) in [5.41, 5.74) is 4.19. The lowest BCUT2D eigenvalue weighted by Crippen LogP contribution is -2.39. The van der Waals surface area contributed by atoms with Crippen molar-refractivity contribution in [2.45, 2.75) is 32.9 Å². The lowest BCUT2D eigenvalue weighted by molar-refractivity contribution is 0.0683. The number of carbonyl (C=O) groups excluding carboxylic acids is 1. The minimum atomic E-state index is 0.136. The van der Waals surface area contributed by atoms with Gasteiger partial charge in [0.25, 0.3) is 5.91 Å². The monoisotopic (exact) mass is 413 g/mol. The zero-order valence-electron chi connectivity index (χ0n) is 17.8. The SMILES string of the molecule is Cc1nc2ccccc2n1CC1CCN(C(=O)c2ccc(Cn3ccnc3)cc2)CC1. The van der Waals surface area contributed by atoms with Crippen molar-refractivity contribution in [3.05, 3.63) is 84.2 Å². The maximum atomic E-state index is 13.0. The molecule has 0 unspecified atom stereocenters. The number of carbonyl (C=O) groups is 1. The van der Waals surface area contributed by atoms with Crippen molar-refractivity contribution in [3.8, 4) is 0 Å². The second kappa shape index (κ2) is 8.38. The van der Waals surface area contributed by atoms with Gasteiger partial charge < -0.3 is 14.0 Å². The van der Waals surface area contributed by atoms with E-state index in [4.69, 9.17) is 0 Å². The summed E-state index contributed by atoms with van der Waals surface area (Å²) in [7, 11) is 0. The van der Waals surface area contributed by atoms with Gasteiger partial charge in [0.2, 0.25) is 0 Å². The fourth-order valence-electron chi connectivity index (χ4n) is 4.53. The average molecular weight is 414 g/mol. The van der Waals surface area contributed by atoms with Gasteiger partial charge in [-0.1, -0.05) is 24.3 Å². The molecule has 0 atom stereocenters. The first kappa shape index (κ1) is 19.5. The molecule has 1 aliphatic rings. The molecule has 0 saturated carbocycles. The fraction of sp³-hybridized carbons (Fsp3) is 0.320. The molecule has 4 aromatic rings.